The Kier molecular flexibility index (Phi) is 3.99. The largest absolute Gasteiger partial charge is 0.294 e. The van der Waals surface area contributed by atoms with Crippen LogP contribution in [0.2, 0.25) is 0 Å². The number of carbonyl (C=O) groups excluding carboxylic acids is 2. The van der Waals surface area contributed by atoms with E-state index in [1.54, 1.807) is 6.07 Å². The summed E-state index contributed by atoms with van der Waals surface area (Å²) in [6.07, 6.45) is 0. The maximum atomic E-state index is 12.7. The molecule has 2 nitrogen and oxygen atoms in total. The first-order chi connectivity index (χ1) is 10.2. The summed E-state index contributed by atoms with van der Waals surface area (Å²) in [6.45, 7) is 1.45. The van der Waals surface area contributed by atoms with Gasteiger partial charge in [0.2, 0.25) is 0 Å². The van der Waals surface area contributed by atoms with Crippen molar-refractivity contribution in [1.82, 2.24) is 0 Å². The molecule has 0 N–H and O–H groups in total. The van der Waals surface area contributed by atoms with Crippen molar-refractivity contribution in [1.29, 1.82) is 0 Å². The summed E-state index contributed by atoms with van der Waals surface area (Å²) in [7, 11) is 0. The Bertz CT molecular complexity index is 793. The lowest BCUT2D eigenvalue weighted by molar-refractivity contribution is -0.113. The van der Waals surface area contributed by atoms with Gasteiger partial charge in [-0.1, -0.05) is 59.9 Å². The highest BCUT2D eigenvalue weighted by Crippen LogP contribution is 2.40. The van der Waals surface area contributed by atoms with Gasteiger partial charge in [0.15, 0.2) is 11.6 Å². The SMILES string of the molecule is CC(=O)C(C(=O)c1ccc2ccccc2c1)=C1SC=CS1. The first-order valence-corrected chi connectivity index (χ1v) is 8.20. The molecule has 0 fully saturated rings. The lowest BCUT2D eigenvalue weighted by Crippen LogP contribution is -2.11. The highest BCUT2D eigenvalue weighted by atomic mass is 32.2. The normalized spacial score (nSPS) is 13.7. The molecule has 0 aromatic heterocycles. The molecule has 0 saturated carbocycles. The van der Waals surface area contributed by atoms with Crippen molar-refractivity contribution in [2.45, 2.75) is 6.92 Å². The Hall–Kier alpha value is -1.78. The van der Waals surface area contributed by atoms with Crippen LogP contribution in [0.1, 0.15) is 17.3 Å². The fourth-order valence-electron chi connectivity index (χ4n) is 2.20. The van der Waals surface area contributed by atoms with E-state index in [4.69, 9.17) is 0 Å². The highest BCUT2D eigenvalue weighted by Gasteiger charge is 2.23. The number of fused-ring (bicyclic) bond motifs is 1. The maximum absolute atomic E-state index is 12.7. The zero-order chi connectivity index (χ0) is 14.8. The number of hydrogen-bond donors (Lipinski definition) is 0. The third-order valence-corrected chi connectivity index (χ3v) is 5.33. The quantitative estimate of drug-likeness (QED) is 0.354. The van der Waals surface area contributed by atoms with Crippen LogP contribution in [-0.4, -0.2) is 11.6 Å². The number of carbonyl (C=O) groups is 2. The molecule has 2 aromatic rings. The topological polar surface area (TPSA) is 34.1 Å². The summed E-state index contributed by atoms with van der Waals surface area (Å²) in [5.41, 5.74) is 0.838. The van der Waals surface area contributed by atoms with E-state index in [9.17, 15) is 9.59 Å². The van der Waals surface area contributed by atoms with Crippen LogP contribution in [0.3, 0.4) is 0 Å². The van der Waals surface area contributed by atoms with Crippen molar-refractivity contribution in [3.8, 4) is 0 Å². The molecule has 3 rings (SSSR count). The van der Waals surface area contributed by atoms with Crippen LogP contribution >= 0.6 is 23.5 Å². The second kappa shape index (κ2) is 5.92. The first-order valence-electron chi connectivity index (χ1n) is 6.44. The van der Waals surface area contributed by atoms with E-state index in [0.717, 1.165) is 15.0 Å². The van der Waals surface area contributed by atoms with Crippen LogP contribution in [0.25, 0.3) is 10.8 Å². The van der Waals surface area contributed by atoms with Crippen molar-refractivity contribution >= 4 is 45.9 Å². The van der Waals surface area contributed by atoms with Gasteiger partial charge in [-0.15, -0.1) is 0 Å². The third kappa shape index (κ3) is 2.82. The molecule has 2 aromatic carbocycles. The number of ketones is 2. The van der Waals surface area contributed by atoms with Crippen LogP contribution in [0, 0.1) is 0 Å². The molecule has 0 unspecified atom stereocenters. The summed E-state index contributed by atoms with van der Waals surface area (Å²) < 4.78 is 0.764. The molecule has 0 atom stereocenters. The molecule has 0 radical (unpaired) electrons. The predicted octanol–water partition coefficient (Wildman–Crippen LogP) is 4.77. The monoisotopic (exact) mass is 312 g/mol. The van der Waals surface area contributed by atoms with Crippen molar-refractivity contribution in [3.63, 3.8) is 0 Å². The van der Waals surface area contributed by atoms with Gasteiger partial charge in [-0.05, 0) is 34.6 Å². The highest BCUT2D eigenvalue weighted by molar-refractivity contribution is 8.27. The molecule has 104 valence electrons. The molecule has 0 bridgehead atoms. The number of thioether (sulfide) groups is 2. The molecule has 21 heavy (non-hydrogen) atoms. The van der Waals surface area contributed by atoms with Crippen LogP contribution in [0.4, 0.5) is 0 Å². The molecule has 4 heteroatoms. The summed E-state index contributed by atoms with van der Waals surface area (Å²) in [4.78, 5) is 24.6. The van der Waals surface area contributed by atoms with Crippen LogP contribution in [0.5, 0.6) is 0 Å². The van der Waals surface area contributed by atoms with E-state index in [2.05, 4.69) is 0 Å². The molecule has 0 saturated heterocycles. The Morgan fingerprint density at radius 1 is 0.905 bits per heavy atom. The van der Waals surface area contributed by atoms with E-state index in [1.165, 1.54) is 30.4 Å². The molecule has 0 spiro atoms. The number of rotatable bonds is 3. The van der Waals surface area contributed by atoms with Crippen molar-refractivity contribution < 1.29 is 9.59 Å². The van der Waals surface area contributed by atoms with Gasteiger partial charge < -0.3 is 0 Å². The Morgan fingerprint density at radius 3 is 2.24 bits per heavy atom. The molecule has 0 amide bonds. The van der Waals surface area contributed by atoms with Crippen LogP contribution < -0.4 is 0 Å². The van der Waals surface area contributed by atoms with Crippen LogP contribution in [0.15, 0.2) is 63.1 Å². The van der Waals surface area contributed by atoms with Gasteiger partial charge in [-0.3, -0.25) is 9.59 Å². The number of allylic oxidation sites excluding steroid dienone is 1. The Balaban J connectivity index is 2.06. The minimum atomic E-state index is -0.202. The fourth-order valence-corrected chi connectivity index (χ4v) is 4.15. The van der Waals surface area contributed by atoms with Crippen molar-refractivity contribution in [3.05, 3.63) is 68.7 Å². The number of benzene rings is 2. The summed E-state index contributed by atoms with van der Waals surface area (Å²) in [5.74, 6) is -0.390. The maximum Gasteiger partial charge on any atom is 0.198 e. The van der Waals surface area contributed by atoms with E-state index >= 15 is 0 Å². The molecular formula is C17H12O2S2. The zero-order valence-electron chi connectivity index (χ0n) is 11.3. The standard InChI is InChI=1S/C17H12O2S2/c1-11(18)15(17-20-8-9-21-17)16(19)14-7-6-12-4-2-3-5-13(12)10-14/h2-10H,1H3. The summed E-state index contributed by atoms with van der Waals surface area (Å²) in [5, 5.41) is 5.85. The minimum absolute atomic E-state index is 0.188. The van der Waals surface area contributed by atoms with Gasteiger partial charge in [0, 0.05) is 5.56 Å². The fraction of sp³-hybridized carbons (Fsp3) is 0.0588. The second-order valence-corrected chi connectivity index (χ2v) is 6.71. The van der Waals surface area contributed by atoms with Gasteiger partial charge in [-0.25, -0.2) is 0 Å². The molecule has 0 aliphatic carbocycles. The molecule has 1 heterocycles. The minimum Gasteiger partial charge on any atom is -0.294 e. The Morgan fingerprint density at radius 2 is 1.57 bits per heavy atom. The van der Waals surface area contributed by atoms with Crippen LogP contribution in [-0.2, 0) is 4.79 Å². The first kappa shape index (κ1) is 14.2. The molecule has 1 aliphatic heterocycles. The van der Waals surface area contributed by atoms with Gasteiger partial charge in [0.25, 0.3) is 0 Å². The van der Waals surface area contributed by atoms with Gasteiger partial charge in [0.05, 0.1) is 9.81 Å². The predicted molar refractivity (Wildman–Crippen MR) is 90.3 cm³/mol. The van der Waals surface area contributed by atoms with Crippen molar-refractivity contribution in [2.75, 3.05) is 0 Å². The second-order valence-electron chi connectivity index (χ2n) is 4.62. The van der Waals surface area contributed by atoms with Crippen molar-refractivity contribution in [2.24, 2.45) is 0 Å². The summed E-state index contributed by atoms with van der Waals surface area (Å²) in [6, 6.07) is 13.4. The lowest BCUT2D eigenvalue weighted by atomic mass is 9.99. The molecular weight excluding hydrogens is 300 g/mol. The number of hydrogen-bond acceptors (Lipinski definition) is 4. The average Bonchev–Trinajstić information content (AvgIpc) is 3.00. The van der Waals surface area contributed by atoms with E-state index in [-0.39, 0.29) is 17.1 Å². The lowest BCUT2D eigenvalue weighted by Gasteiger charge is -2.07. The van der Waals surface area contributed by atoms with Gasteiger partial charge in [-0.2, -0.15) is 0 Å². The van der Waals surface area contributed by atoms with E-state index in [0.29, 0.717) is 5.56 Å². The third-order valence-electron chi connectivity index (χ3n) is 3.20. The molecule has 1 aliphatic rings. The summed E-state index contributed by atoms with van der Waals surface area (Å²) >= 11 is 2.85. The van der Waals surface area contributed by atoms with E-state index in [1.807, 2.05) is 47.2 Å². The Labute approximate surface area is 131 Å². The van der Waals surface area contributed by atoms with Gasteiger partial charge >= 0.3 is 0 Å². The smallest absolute Gasteiger partial charge is 0.198 e. The van der Waals surface area contributed by atoms with E-state index < -0.39 is 0 Å². The number of Topliss-reactive ketones (excluding diaryl/α,β-unsaturated/α-hetero) is 2. The zero-order valence-corrected chi connectivity index (χ0v) is 13.0. The average molecular weight is 312 g/mol. The van der Waals surface area contributed by atoms with Gasteiger partial charge in [0.1, 0.15) is 0 Å².